The molecule has 316 valence electrons. The highest BCUT2D eigenvalue weighted by molar-refractivity contribution is 5.96. The Balaban J connectivity index is 1.27. The van der Waals surface area contributed by atoms with Crippen LogP contribution in [0.2, 0.25) is 0 Å². The lowest BCUT2D eigenvalue weighted by molar-refractivity contribution is -0.142. The van der Waals surface area contributed by atoms with Crippen LogP contribution in [0.3, 0.4) is 0 Å². The van der Waals surface area contributed by atoms with Gasteiger partial charge in [-0.2, -0.15) is 0 Å². The quantitative estimate of drug-likeness (QED) is 0.0508. The van der Waals surface area contributed by atoms with Gasteiger partial charge in [-0.1, -0.05) is 74.5 Å². The molecule has 60 heavy (non-hydrogen) atoms. The van der Waals surface area contributed by atoms with Crippen molar-refractivity contribution in [2.45, 2.75) is 76.2 Å². The number of fused-ring (bicyclic) bond motifs is 1. The van der Waals surface area contributed by atoms with Gasteiger partial charge in [-0.15, -0.1) is 0 Å². The predicted octanol–water partition coefficient (Wildman–Crippen LogP) is 1.38. The highest BCUT2D eigenvalue weighted by atomic mass is 16.4. The minimum absolute atomic E-state index is 0.0102. The third-order valence-corrected chi connectivity index (χ3v) is 9.75. The van der Waals surface area contributed by atoms with Crippen molar-refractivity contribution >= 4 is 46.4 Å². The Morgan fingerprint density at radius 3 is 1.97 bits per heavy atom. The van der Waals surface area contributed by atoms with Gasteiger partial charge in [0.2, 0.25) is 29.5 Å². The predicted molar refractivity (Wildman–Crippen MR) is 222 cm³/mol. The van der Waals surface area contributed by atoms with Crippen molar-refractivity contribution in [2.75, 3.05) is 6.54 Å². The lowest BCUT2D eigenvalue weighted by Crippen LogP contribution is -2.58. The van der Waals surface area contributed by atoms with E-state index in [4.69, 9.17) is 5.73 Å². The number of aromatic nitrogens is 3. The number of rotatable bonds is 21. The summed E-state index contributed by atoms with van der Waals surface area (Å²) in [5.74, 6) is -4.80. The molecule has 0 radical (unpaired) electrons. The summed E-state index contributed by atoms with van der Waals surface area (Å²) in [6.07, 6.45) is 4.91. The van der Waals surface area contributed by atoms with Crippen LogP contribution in [0.4, 0.5) is 0 Å². The molecule has 0 aliphatic carbocycles. The van der Waals surface area contributed by atoms with Gasteiger partial charge in [0.1, 0.15) is 29.9 Å². The first-order valence-corrected chi connectivity index (χ1v) is 19.6. The lowest BCUT2D eigenvalue weighted by Gasteiger charge is -2.25. The summed E-state index contributed by atoms with van der Waals surface area (Å²) < 4.78 is 0. The summed E-state index contributed by atoms with van der Waals surface area (Å²) >= 11 is 0. The molecule has 5 atom stereocenters. The molecule has 0 saturated carbocycles. The summed E-state index contributed by atoms with van der Waals surface area (Å²) in [6.45, 7) is 3.09. The molecule has 5 amide bonds. The number of aromatic hydroxyl groups is 1. The Hall–Kier alpha value is -7.01. The van der Waals surface area contributed by atoms with Crippen molar-refractivity contribution in [3.63, 3.8) is 0 Å². The Kier molecular flexibility index (Phi) is 15.5. The van der Waals surface area contributed by atoms with Crippen LogP contribution in [0, 0.1) is 5.92 Å². The normalized spacial score (nSPS) is 13.7. The first kappa shape index (κ1) is 44.1. The van der Waals surface area contributed by atoms with Crippen LogP contribution < -0.4 is 32.3 Å². The highest BCUT2D eigenvalue weighted by Crippen LogP contribution is 2.19. The molecule has 2 heterocycles. The number of carboxylic acids is 1. The molecule has 0 spiro atoms. The van der Waals surface area contributed by atoms with Crippen LogP contribution in [0.15, 0.2) is 97.6 Å². The maximum absolute atomic E-state index is 14.1. The number of aliphatic carboxylic acids is 1. The molecule has 17 heteroatoms. The number of phenols is 1. The molecule has 0 aliphatic rings. The van der Waals surface area contributed by atoms with Gasteiger partial charge in [0, 0.05) is 48.3 Å². The number of nitrogens with zero attached hydrogens (tertiary/aromatic N) is 1. The molecule has 0 fully saturated rings. The number of phenolic OH excluding ortho intramolecular Hbond substituents is 1. The number of hydrogen-bond donors (Lipinski definition) is 10. The molecule has 11 N–H and O–H groups in total. The molecule has 2 aromatic heterocycles. The Morgan fingerprint density at radius 2 is 1.30 bits per heavy atom. The average molecular weight is 822 g/mol. The number of amides is 5. The Bertz CT molecular complexity index is 2230. The molecular weight excluding hydrogens is 771 g/mol. The van der Waals surface area contributed by atoms with Crippen molar-refractivity contribution < 1.29 is 39.0 Å². The van der Waals surface area contributed by atoms with Crippen LogP contribution in [0.5, 0.6) is 5.75 Å². The molecule has 0 unspecified atom stereocenters. The van der Waals surface area contributed by atoms with Crippen molar-refractivity contribution in [3.8, 4) is 5.75 Å². The molecule has 5 rings (SSSR count). The number of nitrogens with one attached hydrogen (secondary N) is 7. The van der Waals surface area contributed by atoms with Crippen molar-refractivity contribution in [2.24, 2.45) is 11.7 Å². The van der Waals surface area contributed by atoms with Gasteiger partial charge in [-0.05, 0) is 53.6 Å². The van der Waals surface area contributed by atoms with Crippen LogP contribution >= 0.6 is 0 Å². The monoisotopic (exact) mass is 821 g/mol. The van der Waals surface area contributed by atoms with Crippen molar-refractivity contribution in [3.05, 3.63) is 120 Å². The van der Waals surface area contributed by atoms with E-state index >= 15 is 0 Å². The maximum atomic E-state index is 14.1. The van der Waals surface area contributed by atoms with Gasteiger partial charge in [0.15, 0.2) is 0 Å². The molecular formula is C43H51N9O8. The van der Waals surface area contributed by atoms with E-state index in [9.17, 15) is 39.0 Å². The van der Waals surface area contributed by atoms with Crippen molar-refractivity contribution in [1.29, 1.82) is 0 Å². The number of imidazole rings is 1. The first-order chi connectivity index (χ1) is 28.7. The zero-order valence-corrected chi connectivity index (χ0v) is 33.3. The summed E-state index contributed by atoms with van der Waals surface area (Å²) in [4.78, 5) is 89.8. The molecule has 17 nitrogen and oxygen atoms in total. The largest absolute Gasteiger partial charge is 0.508 e. The molecule has 0 aliphatic heterocycles. The summed E-state index contributed by atoms with van der Waals surface area (Å²) in [5, 5.41) is 33.6. The molecule has 0 saturated heterocycles. The fourth-order valence-electron chi connectivity index (χ4n) is 6.64. The number of carbonyl (C=O) groups excluding carboxylic acids is 5. The van der Waals surface area contributed by atoms with Crippen molar-refractivity contribution in [1.82, 2.24) is 41.5 Å². The maximum Gasteiger partial charge on any atom is 0.326 e. The van der Waals surface area contributed by atoms with Crippen LogP contribution in [0.1, 0.15) is 42.7 Å². The highest BCUT2D eigenvalue weighted by Gasteiger charge is 2.31. The van der Waals surface area contributed by atoms with E-state index < -0.39 is 72.3 Å². The molecule has 5 aromatic rings. The minimum Gasteiger partial charge on any atom is -0.508 e. The fourth-order valence-corrected chi connectivity index (χ4v) is 6.64. The zero-order valence-electron chi connectivity index (χ0n) is 33.3. The number of nitrogens with two attached hydrogens (primary N) is 1. The topological polar surface area (TPSA) is 274 Å². The SMILES string of the molecule is CC(C)C[C@H](NC(=O)CNC(=O)[C@H](Cc1ccccc1)NC(=O)[C@H](Cc1ccc(O)cc1)NC(=O)[C@@H](N)Cc1c[nH]c2ccccc12)C(=O)N[C@@H](Cc1cnc[nH]1)C(=O)O. The third-order valence-electron chi connectivity index (χ3n) is 9.75. The Labute approximate surface area is 346 Å². The number of carbonyl (C=O) groups is 6. The molecule has 3 aromatic carbocycles. The van der Waals surface area contributed by atoms with Crippen LogP contribution in [-0.2, 0) is 54.5 Å². The summed E-state index contributed by atoms with van der Waals surface area (Å²) in [7, 11) is 0. The number of carboxylic acid groups (broad SMARTS) is 1. The standard InChI is InChI=1S/C43H51N9O8/c1-25(2)16-34(41(57)52-37(43(59)60)20-29-22-45-24-48-29)49-38(54)23-47-40(56)35(17-26-8-4-3-5-9-26)51-42(58)36(18-27-12-14-30(53)15-13-27)50-39(55)32(44)19-28-21-46-33-11-7-6-10-31(28)33/h3-15,21-22,24-25,32,34-37,46,53H,16-20,23,44H2,1-2H3,(H,45,48)(H,47,56)(H,49,54)(H,50,55)(H,51,58)(H,52,57)(H,59,60)/t32-,34-,35-,36-,37-/m0/s1. The Morgan fingerprint density at radius 1 is 0.683 bits per heavy atom. The van der Waals surface area contributed by atoms with E-state index in [0.29, 0.717) is 16.8 Å². The summed E-state index contributed by atoms with van der Waals surface area (Å²) in [5.41, 5.74) is 9.88. The number of para-hydroxylation sites is 1. The zero-order chi connectivity index (χ0) is 43.2. The minimum atomic E-state index is -1.30. The van der Waals surface area contributed by atoms with Gasteiger partial charge >= 0.3 is 5.97 Å². The van der Waals surface area contributed by atoms with Crippen LogP contribution in [-0.4, -0.2) is 97.4 Å². The van der Waals surface area contributed by atoms with E-state index in [1.54, 1.807) is 48.7 Å². The number of benzene rings is 3. The van der Waals surface area contributed by atoms with E-state index in [-0.39, 0.29) is 43.8 Å². The van der Waals surface area contributed by atoms with E-state index in [1.807, 2.05) is 38.1 Å². The van der Waals surface area contributed by atoms with Gasteiger partial charge < -0.3 is 52.5 Å². The van der Waals surface area contributed by atoms with Crippen LogP contribution in [0.25, 0.3) is 10.9 Å². The van der Waals surface area contributed by atoms with E-state index in [0.717, 1.165) is 16.5 Å². The molecule has 0 bridgehead atoms. The number of H-pyrrole nitrogens is 2. The second-order valence-electron chi connectivity index (χ2n) is 15.0. The summed E-state index contributed by atoms with van der Waals surface area (Å²) in [6, 6.07) is 16.7. The van der Waals surface area contributed by atoms with Gasteiger partial charge in [0.05, 0.1) is 18.9 Å². The number of aromatic amines is 2. The third kappa shape index (κ3) is 13.0. The second kappa shape index (κ2) is 21.1. The number of hydrogen-bond acceptors (Lipinski definition) is 9. The van der Waals surface area contributed by atoms with Gasteiger partial charge in [0.25, 0.3) is 0 Å². The second-order valence-corrected chi connectivity index (χ2v) is 15.0. The smallest absolute Gasteiger partial charge is 0.326 e. The fraction of sp³-hybridized carbons (Fsp3) is 0.326. The van der Waals surface area contributed by atoms with E-state index in [2.05, 4.69) is 41.5 Å². The van der Waals surface area contributed by atoms with E-state index in [1.165, 1.54) is 24.7 Å². The lowest BCUT2D eigenvalue weighted by atomic mass is 10.0. The first-order valence-electron chi connectivity index (χ1n) is 19.6. The average Bonchev–Trinajstić information content (AvgIpc) is 3.90. The van der Waals surface area contributed by atoms with Gasteiger partial charge in [-0.25, -0.2) is 9.78 Å². The van der Waals surface area contributed by atoms with Gasteiger partial charge in [-0.3, -0.25) is 24.0 Å².